The minimum absolute atomic E-state index is 0.0479. The Morgan fingerprint density at radius 1 is 0.582 bits per heavy atom. The van der Waals surface area contributed by atoms with E-state index in [0.717, 1.165) is 48.3 Å². The maximum absolute atomic E-state index is 7.59. The average molecular weight is 751 g/mol. The molecule has 2 saturated carbocycles. The third-order valence-electron chi connectivity index (χ3n) is 10.6. The summed E-state index contributed by atoms with van der Waals surface area (Å²) in [6.45, 7) is 8.12. The summed E-state index contributed by atoms with van der Waals surface area (Å²) in [7, 11) is 0. The predicted octanol–water partition coefficient (Wildman–Crippen LogP) is 9.63. The monoisotopic (exact) mass is 750 g/mol. The van der Waals surface area contributed by atoms with Gasteiger partial charge in [0.2, 0.25) is 0 Å². The third-order valence-corrected chi connectivity index (χ3v) is 10.6. The highest BCUT2D eigenvalue weighted by molar-refractivity contribution is 5.42. The van der Waals surface area contributed by atoms with Crippen molar-refractivity contribution in [2.75, 3.05) is 6.54 Å². The van der Waals surface area contributed by atoms with Crippen LogP contribution < -0.4 is 39.9 Å². The van der Waals surface area contributed by atoms with Gasteiger partial charge in [0, 0.05) is 19.4 Å². The Morgan fingerprint density at radius 2 is 1.05 bits per heavy atom. The van der Waals surface area contributed by atoms with Crippen LogP contribution in [0.2, 0.25) is 0 Å². The molecule has 6 rings (SSSR count). The summed E-state index contributed by atoms with van der Waals surface area (Å²) in [4.78, 5) is 0. The second kappa shape index (κ2) is 19.5. The van der Waals surface area contributed by atoms with E-state index in [0.29, 0.717) is 35.8 Å². The van der Waals surface area contributed by atoms with Crippen LogP contribution in [-0.2, 0) is 12.8 Å². The molecule has 2 fully saturated rings. The lowest BCUT2D eigenvalue weighted by Gasteiger charge is -2.42. The van der Waals surface area contributed by atoms with Crippen LogP contribution >= 0.6 is 0 Å². The van der Waals surface area contributed by atoms with Crippen LogP contribution in [-0.4, -0.2) is 48.7 Å². The molecule has 3 atom stereocenters. The van der Waals surface area contributed by atoms with Crippen molar-refractivity contribution in [1.29, 1.82) is 0 Å². The van der Waals surface area contributed by atoms with Crippen LogP contribution in [0.3, 0.4) is 0 Å². The van der Waals surface area contributed by atoms with Gasteiger partial charge in [-0.25, -0.2) is 0 Å². The molecule has 0 aromatic heterocycles. The summed E-state index contributed by atoms with van der Waals surface area (Å²) in [5.41, 5.74) is 15.4. The predicted molar refractivity (Wildman–Crippen MR) is 220 cm³/mol. The van der Waals surface area contributed by atoms with Crippen LogP contribution in [0.4, 0.5) is 0 Å². The Morgan fingerprint density at radius 3 is 1.60 bits per heavy atom. The Balaban J connectivity index is 1.39. The number of nitrogens with two attached hydrogens (primary N) is 2. The number of para-hydroxylation sites is 4. The molecule has 8 nitrogen and oxygen atoms in total. The molecule has 296 valence electrons. The van der Waals surface area contributed by atoms with Gasteiger partial charge in [0.15, 0.2) is 23.0 Å². The molecule has 0 aliphatic heterocycles. The van der Waals surface area contributed by atoms with Gasteiger partial charge >= 0.3 is 0 Å². The lowest BCUT2D eigenvalue weighted by molar-refractivity contribution is -0.000742. The molecule has 55 heavy (non-hydrogen) atoms. The van der Waals surface area contributed by atoms with Gasteiger partial charge in [-0.3, -0.25) is 0 Å². The van der Waals surface area contributed by atoms with Gasteiger partial charge in [-0.15, -0.1) is 0 Å². The standard InChI is InChI=1S/C47H62N2O6/c1-33(2)50-41-24-10-11-25-42(41)54-45(30-35-16-14-22-39(28-35)52-38-20-8-9-21-38)46(49)47(32-48,55-44-27-13-12-26-43(44)51-34(3)4)31-36-17-15-23-40(29-36)53-37-18-6-5-7-19-37/h10-17,22-29,33-34,37-38,45-46H,5-9,18-21,30-32,48-49H2,1-4H3. The van der Waals surface area contributed by atoms with Crippen molar-refractivity contribution in [2.24, 2.45) is 11.5 Å². The van der Waals surface area contributed by atoms with Crippen LogP contribution in [0.5, 0.6) is 34.5 Å². The molecule has 0 radical (unpaired) electrons. The molecule has 8 heteroatoms. The van der Waals surface area contributed by atoms with Crippen molar-refractivity contribution in [3.8, 4) is 34.5 Å². The molecule has 4 N–H and O–H groups in total. The zero-order valence-electron chi connectivity index (χ0n) is 33.3. The smallest absolute Gasteiger partial charge is 0.162 e. The number of ether oxygens (including phenoxy) is 6. The van der Waals surface area contributed by atoms with E-state index in [2.05, 4.69) is 24.3 Å². The van der Waals surface area contributed by atoms with E-state index in [1.54, 1.807) is 0 Å². The Bertz CT molecular complexity index is 1770. The van der Waals surface area contributed by atoms with Crippen molar-refractivity contribution in [3.05, 3.63) is 108 Å². The Hall–Kier alpha value is -4.40. The first-order valence-corrected chi connectivity index (χ1v) is 20.5. The Kier molecular flexibility index (Phi) is 14.2. The molecule has 0 spiro atoms. The second-order valence-electron chi connectivity index (χ2n) is 15.9. The number of benzene rings is 4. The molecular weight excluding hydrogens is 689 g/mol. The molecule has 4 aromatic rings. The number of hydrogen-bond donors (Lipinski definition) is 2. The topological polar surface area (TPSA) is 107 Å². The van der Waals surface area contributed by atoms with E-state index in [1.807, 2.05) is 100 Å². The van der Waals surface area contributed by atoms with Gasteiger partial charge in [-0.1, -0.05) is 55.0 Å². The van der Waals surface area contributed by atoms with Gasteiger partial charge < -0.3 is 39.9 Å². The van der Waals surface area contributed by atoms with Crippen LogP contribution in [0, 0.1) is 0 Å². The minimum atomic E-state index is -1.14. The fourth-order valence-corrected chi connectivity index (χ4v) is 7.85. The zero-order valence-corrected chi connectivity index (χ0v) is 33.3. The van der Waals surface area contributed by atoms with E-state index >= 15 is 0 Å². The lowest BCUT2D eigenvalue weighted by Crippen LogP contribution is -2.64. The Labute approximate surface area is 328 Å². The molecule has 0 amide bonds. The summed E-state index contributed by atoms with van der Waals surface area (Å²) in [5.74, 6) is 4.15. The maximum atomic E-state index is 7.59. The highest BCUT2D eigenvalue weighted by Gasteiger charge is 2.45. The average Bonchev–Trinajstić information content (AvgIpc) is 3.69. The van der Waals surface area contributed by atoms with E-state index in [1.165, 1.54) is 32.1 Å². The first-order valence-electron chi connectivity index (χ1n) is 20.5. The molecular formula is C47H62N2O6. The van der Waals surface area contributed by atoms with Crippen LogP contribution in [0.1, 0.15) is 96.6 Å². The van der Waals surface area contributed by atoms with Gasteiger partial charge in [0.25, 0.3) is 0 Å². The van der Waals surface area contributed by atoms with Crippen LogP contribution in [0.25, 0.3) is 0 Å². The van der Waals surface area contributed by atoms with Gasteiger partial charge in [0.05, 0.1) is 30.5 Å². The van der Waals surface area contributed by atoms with Crippen molar-refractivity contribution < 1.29 is 28.4 Å². The zero-order chi connectivity index (χ0) is 38.6. The van der Waals surface area contributed by atoms with Gasteiger partial charge in [0.1, 0.15) is 23.2 Å². The quantitative estimate of drug-likeness (QED) is 0.0976. The largest absolute Gasteiger partial charge is 0.490 e. The van der Waals surface area contributed by atoms with Crippen molar-refractivity contribution in [2.45, 2.75) is 140 Å². The summed E-state index contributed by atoms with van der Waals surface area (Å²) in [5, 5.41) is 0. The molecule has 4 aromatic carbocycles. The minimum Gasteiger partial charge on any atom is -0.490 e. The fraction of sp³-hybridized carbons (Fsp3) is 0.489. The van der Waals surface area contributed by atoms with Crippen molar-refractivity contribution >= 4 is 0 Å². The highest BCUT2D eigenvalue weighted by atomic mass is 16.6. The maximum Gasteiger partial charge on any atom is 0.162 e. The molecule has 0 bridgehead atoms. The molecule has 0 saturated heterocycles. The third kappa shape index (κ3) is 11.3. The number of rotatable bonds is 19. The summed E-state index contributed by atoms with van der Waals surface area (Å²) in [6.07, 6.45) is 11.0. The first-order chi connectivity index (χ1) is 26.7. The van der Waals surface area contributed by atoms with Crippen LogP contribution in [0.15, 0.2) is 97.1 Å². The van der Waals surface area contributed by atoms with E-state index < -0.39 is 17.7 Å². The molecule has 3 unspecified atom stereocenters. The molecule has 0 heterocycles. The van der Waals surface area contributed by atoms with Gasteiger partial charge in [-0.05, 0) is 139 Å². The summed E-state index contributed by atoms with van der Waals surface area (Å²) < 4.78 is 39.6. The summed E-state index contributed by atoms with van der Waals surface area (Å²) >= 11 is 0. The van der Waals surface area contributed by atoms with E-state index in [-0.39, 0.29) is 31.0 Å². The molecule has 2 aliphatic carbocycles. The number of hydrogen-bond acceptors (Lipinski definition) is 8. The van der Waals surface area contributed by atoms with Crippen molar-refractivity contribution in [3.63, 3.8) is 0 Å². The first kappa shape index (κ1) is 40.3. The van der Waals surface area contributed by atoms with E-state index in [4.69, 9.17) is 39.9 Å². The highest BCUT2D eigenvalue weighted by Crippen LogP contribution is 2.37. The fourth-order valence-electron chi connectivity index (χ4n) is 7.85. The summed E-state index contributed by atoms with van der Waals surface area (Å²) in [6, 6.07) is 31.3. The van der Waals surface area contributed by atoms with Crippen molar-refractivity contribution in [1.82, 2.24) is 0 Å². The second-order valence-corrected chi connectivity index (χ2v) is 15.9. The lowest BCUT2D eigenvalue weighted by atomic mass is 9.82. The van der Waals surface area contributed by atoms with E-state index in [9.17, 15) is 0 Å². The molecule has 2 aliphatic rings. The SMILES string of the molecule is CC(C)Oc1ccccc1OC(Cc1cccc(OC2CCCC2)c1)C(N)C(CN)(Cc1cccc(OC2CCCCC2)c1)Oc1ccccc1OC(C)C. The normalized spacial score (nSPS) is 17.4. The van der Waals surface area contributed by atoms with Gasteiger partial charge in [-0.2, -0.15) is 0 Å².